The lowest BCUT2D eigenvalue weighted by Crippen LogP contribution is -2.51. The van der Waals surface area contributed by atoms with Crippen molar-refractivity contribution in [3.63, 3.8) is 0 Å². The molecule has 144 valence electrons. The van der Waals surface area contributed by atoms with Gasteiger partial charge in [-0.15, -0.1) is 12.4 Å². The van der Waals surface area contributed by atoms with E-state index in [1.165, 1.54) is 12.5 Å². The van der Waals surface area contributed by atoms with Crippen LogP contribution in [0.3, 0.4) is 0 Å². The van der Waals surface area contributed by atoms with E-state index in [4.69, 9.17) is 5.73 Å². The van der Waals surface area contributed by atoms with E-state index in [0.717, 1.165) is 32.5 Å². The van der Waals surface area contributed by atoms with Crippen molar-refractivity contribution >= 4 is 24.2 Å². The van der Waals surface area contributed by atoms with Crippen LogP contribution in [0.5, 0.6) is 0 Å². The maximum atomic E-state index is 12.7. The first kappa shape index (κ1) is 20.7. The second kappa shape index (κ2) is 9.35. The van der Waals surface area contributed by atoms with Gasteiger partial charge in [0.05, 0.1) is 6.54 Å². The molecule has 0 radical (unpaired) electrons. The number of hydrogen-bond donors (Lipinski definition) is 2. The van der Waals surface area contributed by atoms with E-state index in [2.05, 4.69) is 22.3 Å². The maximum Gasteiger partial charge on any atom is 0.236 e. The first-order chi connectivity index (χ1) is 12.0. The van der Waals surface area contributed by atoms with E-state index >= 15 is 0 Å². The molecule has 6 nitrogen and oxygen atoms in total. The molecule has 1 unspecified atom stereocenters. The summed E-state index contributed by atoms with van der Waals surface area (Å²) in [5, 5.41) is 2.93. The fraction of sp³-hybridized carbons (Fsp3) is 0.579. The minimum atomic E-state index is -0.0319. The molecule has 7 heteroatoms. The Morgan fingerprint density at radius 3 is 2.62 bits per heavy atom. The van der Waals surface area contributed by atoms with Crippen molar-refractivity contribution < 1.29 is 9.59 Å². The van der Waals surface area contributed by atoms with Crippen LogP contribution in [0.25, 0.3) is 0 Å². The smallest absolute Gasteiger partial charge is 0.236 e. The average molecular weight is 381 g/mol. The lowest BCUT2D eigenvalue weighted by molar-refractivity contribution is -0.134. The highest BCUT2D eigenvalue weighted by atomic mass is 35.5. The first-order valence-electron chi connectivity index (χ1n) is 9.10. The Morgan fingerprint density at radius 1 is 1.19 bits per heavy atom. The molecule has 0 aromatic heterocycles. The zero-order valence-corrected chi connectivity index (χ0v) is 16.1. The van der Waals surface area contributed by atoms with Crippen molar-refractivity contribution in [1.29, 1.82) is 0 Å². The standard InChI is InChI=1S/C19H28N4O2.ClH/c1-14(24)21-16-8-5-9-23(10-16)19(25)13-22-11-17(18(20)12-22)15-6-3-2-4-7-15;/h2-4,6-7,16-18H,5,8-13,20H2,1H3,(H,21,24);1H/t16?,17-,18+;/m0./s1. The minimum Gasteiger partial charge on any atom is -0.352 e. The number of rotatable bonds is 4. The molecule has 2 amide bonds. The summed E-state index contributed by atoms with van der Waals surface area (Å²) in [6, 6.07) is 10.4. The number of carbonyl (C=O) groups excluding carboxylic acids is 2. The average Bonchev–Trinajstić information content (AvgIpc) is 2.95. The van der Waals surface area contributed by atoms with Crippen molar-refractivity contribution in [3.05, 3.63) is 35.9 Å². The summed E-state index contributed by atoms with van der Waals surface area (Å²) in [6.07, 6.45) is 1.87. The SMILES string of the molecule is CC(=O)NC1CCCN(C(=O)CN2C[C@@H](N)[C@H](c3ccccc3)C2)C1.Cl. The van der Waals surface area contributed by atoms with E-state index in [1.54, 1.807) is 0 Å². The van der Waals surface area contributed by atoms with Crippen LogP contribution >= 0.6 is 12.4 Å². The van der Waals surface area contributed by atoms with Gasteiger partial charge in [-0.3, -0.25) is 14.5 Å². The second-order valence-corrected chi connectivity index (χ2v) is 7.25. The number of halogens is 1. The first-order valence-corrected chi connectivity index (χ1v) is 9.10. The number of benzene rings is 1. The van der Waals surface area contributed by atoms with Crippen LogP contribution in [0.1, 0.15) is 31.2 Å². The fourth-order valence-corrected chi connectivity index (χ4v) is 4.00. The van der Waals surface area contributed by atoms with Gasteiger partial charge in [-0.05, 0) is 18.4 Å². The number of nitrogens with one attached hydrogen (secondary N) is 1. The summed E-state index contributed by atoms with van der Waals surface area (Å²) in [5.74, 6) is 0.383. The monoisotopic (exact) mass is 380 g/mol. The molecule has 1 aromatic carbocycles. The second-order valence-electron chi connectivity index (χ2n) is 7.25. The third-order valence-corrected chi connectivity index (χ3v) is 5.21. The molecule has 0 saturated carbocycles. The van der Waals surface area contributed by atoms with Crippen LogP contribution < -0.4 is 11.1 Å². The molecule has 26 heavy (non-hydrogen) atoms. The highest BCUT2D eigenvalue weighted by Gasteiger charge is 2.33. The molecule has 2 heterocycles. The minimum absolute atomic E-state index is 0. The number of carbonyl (C=O) groups is 2. The molecule has 3 atom stereocenters. The van der Waals surface area contributed by atoms with Crippen LogP contribution in [-0.2, 0) is 9.59 Å². The summed E-state index contributed by atoms with van der Waals surface area (Å²) in [5.41, 5.74) is 7.56. The molecule has 0 aliphatic carbocycles. The van der Waals surface area contributed by atoms with E-state index < -0.39 is 0 Å². The zero-order chi connectivity index (χ0) is 17.8. The lowest BCUT2D eigenvalue weighted by Gasteiger charge is -2.34. The molecule has 2 fully saturated rings. The Morgan fingerprint density at radius 2 is 1.92 bits per heavy atom. The van der Waals surface area contributed by atoms with Gasteiger partial charge in [0.1, 0.15) is 0 Å². The summed E-state index contributed by atoms with van der Waals surface area (Å²) < 4.78 is 0. The van der Waals surface area contributed by atoms with Gasteiger partial charge in [0, 0.05) is 51.1 Å². The molecule has 3 rings (SSSR count). The number of hydrogen-bond acceptors (Lipinski definition) is 4. The molecule has 2 aliphatic heterocycles. The number of nitrogens with two attached hydrogens (primary N) is 1. The predicted molar refractivity (Wildman–Crippen MR) is 104 cm³/mol. The Hall–Kier alpha value is -1.63. The number of likely N-dealkylation sites (tertiary alicyclic amines) is 2. The molecule has 0 bridgehead atoms. The van der Waals surface area contributed by atoms with Gasteiger partial charge in [0.15, 0.2) is 0 Å². The van der Waals surface area contributed by atoms with E-state index in [0.29, 0.717) is 13.1 Å². The van der Waals surface area contributed by atoms with Crippen LogP contribution in [0, 0.1) is 0 Å². The molecule has 0 spiro atoms. The largest absolute Gasteiger partial charge is 0.352 e. The van der Waals surface area contributed by atoms with Gasteiger partial charge in [0.2, 0.25) is 11.8 Å². The summed E-state index contributed by atoms with van der Waals surface area (Å²) in [4.78, 5) is 27.9. The van der Waals surface area contributed by atoms with Crippen molar-refractivity contribution in [2.75, 3.05) is 32.7 Å². The molecular weight excluding hydrogens is 352 g/mol. The highest BCUT2D eigenvalue weighted by molar-refractivity contribution is 5.85. The van der Waals surface area contributed by atoms with E-state index in [-0.39, 0.29) is 42.2 Å². The normalized spacial score (nSPS) is 26.2. The van der Waals surface area contributed by atoms with Crippen LogP contribution in [0.4, 0.5) is 0 Å². The predicted octanol–water partition coefficient (Wildman–Crippen LogP) is 0.962. The summed E-state index contributed by atoms with van der Waals surface area (Å²) >= 11 is 0. The van der Waals surface area contributed by atoms with Crippen molar-refractivity contribution in [2.45, 2.75) is 37.8 Å². The Balaban J connectivity index is 0.00000243. The third kappa shape index (κ3) is 5.19. The van der Waals surface area contributed by atoms with Gasteiger partial charge < -0.3 is 16.0 Å². The van der Waals surface area contributed by atoms with Gasteiger partial charge >= 0.3 is 0 Å². The summed E-state index contributed by atoms with van der Waals surface area (Å²) in [7, 11) is 0. The highest BCUT2D eigenvalue weighted by Crippen LogP contribution is 2.26. The van der Waals surface area contributed by atoms with Crippen LogP contribution in [0.2, 0.25) is 0 Å². The quantitative estimate of drug-likeness (QED) is 0.815. The molecular formula is C19H29ClN4O2. The van der Waals surface area contributed by atoms with Crippen molar-refractivity contribution in [2.24, 2.45) is 5.73 Å². The Bertz CT molecular complexity index is 613. The summed E-state index contributed by atoms with van der Waals surface area (Å²) in [6.45, 7) is 4.88. The van der Waals surface area contributed by atoms with Gasteiger partial charge in [-0.25, -0.2) is 0 Å². The third-order valence-electron chi connectivity index (χ3n) is 5.21. The van der Waals surface area contributed by atoms with Crippen LogP contribution in [-0.4, -0.2) is 66.4 Å². The van der Waals surface area contributed by atoms with Crippen molar-refractivity contribution in [3.8, 4) is 0 Å². The molecule has 2 saturated heterocycles. The van der Waals surface area contributed by atoms with Gasteiger partial charge in [0.25, 0.3) is 0 Å². The number of piperidine rings is 1. The molecule has 3 N–H and O–H groups in total. The molecule has 2 aliphatic rings. The Kier molecular flexibility index (Phi) is 7.43. The van der Waals surface area contributed by atoms with Crippen molar-refractivity contribution in [1.82, 2.24) is 15.1 Å². The topological polar surface area (TPSA) is 78.7 Å². The lowest BCUT2D eigenvalue weighted by atomic mass is 9.95. The molecule has 1 aromatic rings. The fourth-order valence-electron chi connectivity index (χ4n) is 4.00. The van der Waals surface area contributed by atoms with E-state index in [9.17, 15) is 9.59 Å². The number of nitrogens with zero attached hydrogens (tertiary/aromatic N) is 2. The van der Waals surface area contributed by atoms with E-state index in [1.807, 2.05) is 23.1 Å². The Labute approximate surface area is 161 Å². The number of amides is 2. The van der Waals surface area contributed by atoms with Gasteiger partial charge in [-0.1, -0.05) is 30.3 Å². The maximum absolute atomic E-state index is 12.7. The zero-order valence-electron chi connectivity index (χ0n) is 15.3. The van der Waals surface area contributed by atoms with Gasteiger partial charge in [-0.2, -0.15) is 0 Å². The van der Waals surface area contributed by atoms with Crippen LogP contribution in [0.15, 0.2) is 30.3 Å².